The van der Waals surface area contributed by atoms with Crippen LogP contribution >= 0.6 is 0 Å². The summed E-state index contributed by atoms with van der Waals surface area (Å²) in [5, 5.41) is 25.8. The molecule has 11 nitrogen and oxygen atoms in total. The van der Waals surface area contributed by atoms with Gasteiger partial charge in [0.25, 0.3) is 0 Å². The van der Waals surface area contributed by atoms with Gasteiger partial charge in [-0.05, 0) is 74.1 Å². The number of benzene rings is 2. The predicted octanol–water partition coefficient (Wildman–Crippen LogP) is 4.34. The van der Waals surface area contributed by atoms with Crippen molar-refractivity contribution >= 4 is 11.9 Å². The predicted molar refractivity (Wildman–Crippen MR) is 147 cm³/mol. The second kappa shape index (κ2) is 11.4. The topological polar surface area (TPSA) is 156 Å². The number of imidazole rings is 1. The van der Waals surface area contributed by atoms with Crippen molar-refractivity contribution in [1.82, 2.24) is 30.6 Å². The average molecular weight is 547 g/mol. The smallest absolute Gasteiger partial charge is 0.359 e. The molecule has 0 amide bonds. The molecule has 2 aromatic heterocycles. The molecule has 0 saturated carbocycles. The number of carbonyl (C=O) groups excluding carboxylic acids is 2. The van der Waals surface area contributed by atoms with Crippen LogP contribution in [0.5, 0.6) is 0 Å². The number of nitrogens with zero attached hydrogens (tertiary/aromatic N) is 4. The number of tetrazole rings is 1. The molecule has 0 radical (unpaired) electrons. The molecule has 0 unspecified atom stereocenters. The quantitative estimate of drug-likeness (QED) is 0.205. The Labute approximate surface area is 232 Å². The van der Waals surface area contributed by atoms with Gasteiger partial charge in [-0.3, -0.25) is 4.79 Å². The first-order valence-electron chi connectivity index (χ1n) is 13.0. The van der Waals surface area contributed by atoms with Gasteiger partial charge in [-0.15, -0.1) is 10.2 Å². The number of H-pyrrole nitrogens is 2. The molecular formula is C29H34N6O5. The van der Waals surface area contributed by atoms with E-state index in [0.29, 0.717) is 24.5 Å². The number of hydrogen-bond donors (Lipinski definition) is 3. The summed E-state index contributed by atoms with van der Waals surface area (Å²) in [6, 6.07) is 11.8. The highest BCUT2D eigenvalue weighted by Crippen LogP contribution is 2.39. The largest absolute Gasteiger partial charge is 0.427 e. The van der Waals surface area contributed by atoms with Gasteiger partial charge in [0.05, 0.1) is 17.2 Å². The van der Waals surface area contributed by atoms with Crippen molar-refractivity contribution in [3.05, 3.63) is 70.8 Å². The number of carbonyl (C=O) groups is 2. The van der Waals surface area contributed by atoms with Gasteiger partial charge in [0, 0.05) is 12.0 Å². The number of nitrogens with one attached hydrogen (secondary N) is 2. The molecule has 4 rings (SSSR count). The molecule has 2 heterocycles. The summed E-state index contributed by atoms with van der Waals surface area (Å²) >= 11 is 0. The van der Waals surface area contributed by atoms with E-state index in [1.165, 1.54) is 6.20 Å². The van der Waals surface area contributed by atoms with E-state index in [2.05, 4.69) is 30.6 Å². The van der Waals surface area contributed by atoms with E-state index in [4.69, 9.17) is 9.47 Å². The second-order valence-electron chi connectivity index (χ2n) is 11.0. The van der Waals surface area contributed by atoms with Crippen LogP contribution in [-0.4, -0.2) is 54.4 Å². The molecule has 0 aliphatic heterocycles. The fraction of sp³-hybridized carbons (Fsp3) is 0.379. The van der Waals surface area contributed by atoms with Crippen LogP contribution in [0.15, 0.2) is 42.6 Å². The van der Waals surface area contributed by atoms with Gasteiger partial charge in [-0.2, -0.15) is 5.21 Å². The summed E-state index contributed by atoms with van der Waals surface area (Å²) in [7, 11) is 0. The zero-order valence-electron chi connectivity index (χ0n) is 23.5. The zero-order chi connectivity index (χ0) is 29.1. The van der Waals surface area contributed by atoms with E-state index in [9.17, 15) is 14.7 Å². The van der Waals surface area contributed by atoms with E-state index < -0.39 is 29.7 Å². The van der Waals surface area contributed by atoms with Gasteiger partial charge in [-0.25, -0.2) is 9.78 Å². The minimum Gasteiger partial charge on any atom is -0.427 e. The van der Waals surface area contributed by atoms with Crippen molar-refractivity contribution in [2.75, 3.05) is 6.79 Å². The number of esters is 2. The molecule has 4 aromatic rings. The maximum Gasteiger partial charge on any atom is 0.359 e. The molecule has 0 aliphatic rings. The van der Waals surface area contributed by atoms with Crippen LogP contribution in [0.1, 0.15) is 74.5 Å². The molecule has 0 atom stereocenters. The maximum atomic E-state index is 12.5. The summed E-state index contributed by atoms with van der Waals surface area (Å²) in [5.74, 6) is -0.161. The fourth-order valence-electron chi connectivity index (χ4n) is 4.58. The molecule has 0 bridgehead atoms. The van der Waals surface area contributed by atoms with Gasteiger partial charge < -0.3 is 19.6 Å². The number of aliphatic hydroxyl groups is 1. The number of aromatic amines is 2. The van der Waals surface area contributed by atoms with E-state index in [-0.39, 0.29) is 5.69 Å². The Morgan fingerprint density at radius 3 is 2.33 bits per heavy atom. The first kappa shape index (κ1) is 28.6. The van der Waals surface area contributed by atoms with Gasteiger partial charge in [0.1, 0.15) is 11.5 Å². The summed E-state index contributed by atoms with van der Waals surface area (Å²) in [6.45, 7) is 10.2. The van der Waals surface area contributed by atoms with Crippen molar-refractivity contribution in [1.29, 1.82) is 0 Å². The first-order valence-corrected chi connectivity index (χ1v) is 13.0. The molecule has 3 N–H and O–H groups in total. The number of hydrogen-bond acceptors (Lipinski definition) is 9. The van der Waals surface area contributed by atoms with Crippen LogP contribution in [0.25, 0.3) is 22.5 Å². The third kappa shape index (κ3) is 6.26. The molecule has 40 heavy (non-hydrogen) atoms. The Kier molecular flexibility index (Phi) is 8.15. The van der Waals surface area contributed by atoms with Crippen molar-refractivity contribution in [2.24, 2.45) is 5.41 Å². The number of rotatable bonds is 9. The van der Waals surface area contributed by atoms with Crippen molar-refractivity contribution in [3.8, 4) is 22.5 Å². The molecule has 2 aromatic carbocycles. The monoisotopic (exact) mass is 546 g/mol. The summed E-state index contributed by atoms with van der Waals surface area (Å²) in [6.07, 6.45) is 2.38. The van der Waals surface area contributed by atoms with Crippen LogP contribution < -0.4 is 0 Å². The minimum atomic E-state index is -1.16. The molecule has 0 spiro atoms. The van der Waals surface area contributed by atoms with Crippen LogP contribution in [-0.2, 0) is 32.7 Å². The third-order valence-corrected chi connectivity index (χ3v) is 6.37. The highest BCUT2D eigenvalue weighted by molar-refractivity contribution is 5.87. The van der Waals surface area contributed by atoms with E-state index in [1.807, 2.05) is 43.3 Å². The van der Waals surface area contributed by atoms with Crippen LogP contribution in [0.4, 0.5) is 0 Å². The average Bonchev–Trinajstić information content (AvgIpc) is 3.60. The normalized spacial score (nSPS) is 11.9. The summed E-state index contributed by atoms with van der Waals surface area (Å²) < 4.78 is 10.1. The summed E-state index contributed by atoms with van der Waals surface area (Å²) in [4.78, 5) is 31.7. The molecule has 0 aliphatic carbocycles. The lowest BCUT2D eigenvalue weighted by molar-refractivity contribution is -0.161. The molecule has 0 fully saturated rings. The summed E-state index contributed by atoms with van der Waals surface area (Å²) in [5.41, 5.74) is 3.59. The number of aromatic nitrogens is 6. The second-order valence-corrected chi connectivity index (χ2v) is 11.0. The number of ether oxygens (including phenoxy) is 2. The molecule has 11 heteroatoms. The minimum absolute atomic E-state index is 0.132. The van der Waals surface area contributed by atoms with E-state index >= 15 is 0 Å². The Morgan fingerprint density at radius 1 is 0.975 bits per heavy atom. The highest BCUT2D eigenvalue weighted by atomic mass is 16.7. The first-order chi connectivity index (χ1) is 18.9. The van der Waals surface area contributed by atoms with Crippen molar-refractivity contribution < 1.29 is 24.2 Å². The lowest BCUT2D eigenvalue weighted by Gasteiger charge is -2.27. The molecule has 0 saturated heterocycles. The van der Waals surface area contributed by atoms with Gasteiger partial charge in [-0.1, -0.05) is 43.3 Å². The molecular weight excluding hydrogens is 512 g/mol. The highest BCUT2D eigenvalue weighted by Gasteiger charge is 2.27. The van der Waals surface area contributed by atoms with Crippen LogP contribution in [0.3, 0.4) is 0 Å². The Morgan fingerprint density at radius 2 is 1.70 bits per heavy atom. The Hall–Kier alpha value is -4.38. The molecule has 210 valence electrons. The lowest BCUT2D eigenvalue weighted by Crippen LogP contribution is -2.24. The van der Waals surface area contributed by atoms with Crippen molar-refractivity contribution in [2.45, 2.75) is 60.0 Å². The fourth-order valence-corrected chi connectivity index (χ4v) is 4.58. The maximum absolute atomic E-state index is 12.5. The zero-order valence-corrected chi connectivity index (χ0v) is 23.5. The Bertz CT molecular complexity index is 1500. The van der Waals surface area contributed by atoms with E-state index in [1.54, 1.807) is 34.6 Å². The lowest BCUT2D eigenvalue weighted by atomic mass is 9.81. The Balaban J connectivity index is 1.62. The van der Waals surface area contributed by atoms with Crippen LogP contribution in [0.2, 0.25) is 0 Å². The SMILES string of the molecule is CCc1c(-c2ccccc2-c2nn[nH]n2)ccc(Cc2ncc(C(=O)OCOC(=O)C(C)(C)C)[nH]2)c1C(C)(C)O. The van der Waals surface area contributed by atoms with Gasteiger partial charge in [0.2, 0.25) is 12.6 Å². The van der Waals surface area contributed by atoms with Gasteiger partial charge in [0.15, 0.2) is 0 Å². The van der Waals surface area contributed by atoms with Gasteiger partial charge >= 0.3 is 11.9 Å². The van der Waals surface area contributed by atoms with Crippen LogP contribution in [0, 0.1) is 5.41 Å². The van der Waals surface area contributed by atoms with Crippen molar-refractivity contribution in [3.63, 3.8) is 0 Å². The van der Waals surface area contributed by atoms with E-state index in [0.717, 1.165) is 33.4 Å². The standard InChI is InChI=1S/C29H34N6O5/c1-7-18-20(19-10-8-9-11-21(19)25-32-34-35-33-25)13-12-17(24(18)29(5,6)38)14-23-30-15-22(31-23)26(36)39-16-40-27(37)28(2,3)4/h8-13,15,38H,7,14,16H2,1-6H3,(H,30,31)(H,32,33,34,35). The third-order valence-electron chi connectivity index (χ3n) is 6.37.